The highest BCUT2D eigenvalue weighted by Crippen LogP contribution is 2.32. The Morgan fingerprint density at radius 2 is 1.81 bits per heavy atom. The van der Waals surface area contributed by atoms with Crippen molar-refractivity contribution in [3.8, 4) is 17.1 Å². The van der Waals surface area contributed by atoms with Crippen molar-refractivity contribution in [3.63, 3.8) is 0 Å². The summed E-state index contributed by atoms with van der Waals surface area (Å²) in [7, 11) is -3.47. The lowest BCUT2D eigenvalue weighted by atomic mass is 10.0. The maximum atomic E-state index is 13.2. The van der Waals surface area contributed by atoms with Gasteiger partial charge in [0.05, 0.1) is 29.1 Å². The molecule has 2 aromatic heterocycles. The van der Waals surface area contributed by atoms with E-state index in [-0.39, 0.29) is 72.3 Å². The Kier molecular flexibility index (Phi) is 10.5. The minimum Gasteiger partial charge on any atom is -0.476 e. The first-order valence-electron chi connectivity index (χ1n) is 16.4. The number of nitrogens with one attached hydrogen (secondary N) is 5. The number of hydrogen-bond donors (Lipinski definition) is 6. The van der Waals surface area contributed by atoms with Gasteiger partial charge in [0.25, 0.3) is 17.7 Å². The molecule has 280 valence electrons. The number of nitrogens with zero attached hydrogens (tertiary/aromatic N) is 3. The van der Waals surface area contributed by atoms with Crippen molar-refractivity contribution >= 4 is 62.8 Å². The molecule has 7 N–H and O–H groups in total. The van der Waals surface area contributed by atoms with Crippen molar-refractivity contribution in [1.82, 2.24) is 30.7 Å². The number of primary amides is 1. The number of aromatic nitrogens is 3. The third kappa shape index (κ3) is 7.97. The number of piperidine rings is 1. The van der Waals surface area contributed by atoms with Gasteiger partial charge in [-0.25, -0.2) is 18.2 Å². The largest absolute Gasteiger partial charge is 0.476 e. The summed E-state index contributed by atoms with van der Waals surface area (Å²) >= 11 is 0. The molecule has 0 saturated carbocycles. The van der Waals surface area contributed by atoms with Crippen LogP contribution in [0.25, 0.3) is 11.3 Å². The van der Waals surface area contributed by atoms with Gasteiger partial charge in [-0.3, -0.25) is 44.0 Å². The fourth-order valence-electron chi connectivity index (χ4n) is 5.75. The van der Waals surface area contributed by atoms with Crippen LogP contribution >= 0.6 is 0 Å². The second-order valence-corrected chi connectivity index (χ2v) is 13.9. The molecule has 6 rings (SSSR count). The quantitative estimate of drug-likeness (QED) is 0.0791. The van der Waals surface area contributed by atoms with E-state index in [1.54, 1.807) is 30.3 Å². The number of ether oxygens (including phenoxy) is 2. The van der Waals surface area contributed by atoms with E-state index in [0.29, 0.717) is 22.6 Å². The zero-order chi connectivity index (χ0) is 38.6. The summed E-state index contributed by atoms with van der Waals surface area (Å²) in [6.45, 7) is 1.15. The number of benzene rings is 2. The number of nitrogens with two attached hydrogens (primary N) is 1. The Hall–Kier alpha value is -6.83. The smallest absolute Gasteiger partial charge is 0.407 e. The third-order valence-corrected chi connectivity index (χ3v) is 9.68. The summed E-state index contributed by atoms with van der Waals surface area (Å²) in [5.74, 6) is -3.18. The van der Waals surface area contributed by atoms with E-state index in [9.17, 15) is 37.2 Å². The molecule has 4 heterocycles. The summed E-state index contributed by atoms with van der Waals surface area (Å²) in [5.41, 5.74) is 7.72. The minimum atomic E-state index is -3.47. The summed E-state index contributed by atoms with van der Waals surface area (Å²) < 4.78 is 37.1. The highest BCUT2D eigenvalue weighted by atomic mass is 32.2. The van der Waals surface area contributed by atoms with Gasteiger partial charge < -0.3 is 25.8 Å². The fourth-order valence-corrected chi connectivity index (χ4v) is 6.39. The summed E-state index contributed by atoms with van der Waals surface area (Å²) in [4.78, 5) is 80.1. The van der Waals surface area contributed by atoms with E-state index in [1.165, 1.54) is 37.4 Å². The predicted molar refractivity (Wildman–Crippen MR) is 190 cm³/mol. The first kappa shape index (κ1) is 36.9. The van der Waals surface area contributed by atoms with E-state index in [0.717, 1.165) is 4.90 Å². The van der Waals surface area contributed by atoms with Gasteiger partial charge >= 0.3 is 6.09 Å². The predicted octanol–water partition coefficient (Wildman–Crippen LogP) is 1.78. The molecule has 6 amide bonds. The first-order valence-corrected chi connectivity index (χ1v) is 18.1. The van der Waals surface area contributed by atoms with Crippen molar-refractivity contribution in [2.24, 2.45) is 5.73 Å². The van der Waals surface area contributed by atoms with E-state index in [4.69, 9.17) is 15.2 Å². The molecule has 0 bridgehead atoms. The van der Waals surface area contributed by atoms with Crippen LogP contribution in [0.2, 0.25) is 0 Å². The van der Waals surface area contributed by atoms with Crippen LogP contribution in [0, 0.1) is 0 Å². The molecule has 0 radical (unpaired) electrons. The Labute approximate surface area is 307 Å². The molecule has 2 aliphatic heterocycles. The molecule has 1 unspecified atom stereocenters. The SMILES string of the molecule is CCS(=O)(=O)Nc1ccc(-c2[nH]nc(Nc3ccnc(OCCNC(=O)OCc4cccc5c4C(=O)N(C4CCC(=O)NC4=O)C5=O)c3)c2C(N)=O)cc1. The number of alkyl carbamates (subject to hydrolysis) is 1. The highest BCUT2D eigenvalue weighted by molar-refractivity contribution is 7.92. The van der Waals surface area contributed by atoms with Gasteiger partial charge in [0.2, 0.25) is 27.7 Å². The molecule has 19 nitrogen and oxygen atoms in total. The van der Waals surface area contributed by atoms with E-state index in [2.05, 4.69) is 35.9 Å². The van der Waals surface area contributed by atoms with Gasteiger partial charge in [-0.2, -0.15) is 5.10 Å². The number of aromatic amines is 1. The van der Waals surface area contributed by atoms with Crippen LogP contribution in [0.3, 0.4) is 0 Å². The normalized spacial score (nSPS) is 15.4. The molecule has 1 fully saturated rings. The Bertz CT molecular complexity index is 2270. The van der Waals surface area contributed by atoms with Crippen molar-refractivity contribution in [2.75, 3.05) is 28.9 Å². The number of pyridine rings is 1. The standard InChI is InChI=1S/C34H33N9O10S/c1-2-54(50,51)42-20-8-6-18(7-9-20)28-27(29(35)45)30(41-40-28)38-21-12-13-36-25(16-21)52-15-14-37-34(49)53-17-19-4-3-5-22-26(19)33(48)43(32(22)47)23-10-11-24(44)39-31(23)46/h3-9,12-13,16,23,42H,2,10-11,14-15,17H2,1H3,(H2,35,45)(H,37,49)(H,39,44,46)(H2,36,38,40,41). The molecule has 2 aliphatic rings. The van der Waals surface area contributed by atoms with Crippen molar-refractivity contribution in [1.29, 1.82) is 0 Å². The van der Waals surface area contributed by atoms with Crippen LogP contribution in [-0.4, -0.2) is 89.1 Å². The number of anilines is 3. The molecule has 2 aromatic carbocycles. The van der Waals surface area contributed by atoms with Crippen LogP contribution in [0.15, 0.2) is 60.8 Å². The average Bonchev–Trinajstić information content (AvgIpc) is 3.67. The number of hydrogen-bond acceptors (Lipinski definition) is 13. The molecule has 0 spiro atoms. The fraction of sp³-hybridized carbons (Fsp3) is 0.235. The number of carbonyl (C=O) groups is 6. The van der Waals surface area contributed by atoms with E-state index >= 15 is 0 Å². The van der Waals surface area contributed by atoms with Gasteiger partial charge in [-0.1, -0.05) is 24.3 Å². The number of carbonyl (C=O) groups excluding carboxylic acids is 6. The highest BCUT2D eigenvalue weighted by Gasteiger charge is 2.45. The van der Waals surface area contributed by atoms with Gasteiger partial charge in [-0.05, 0) is 37.6 Å². The van der Waals surface area contributed by atoms with Crippen LogP contribution in [0.1, 0.15) is 56.4 Å². The van der Waals surface area contributed by atoms with Gasteiger partial charge in [-0.15, -0.1) is 0 Å². The van der Waals surface area contributed by atoms with Gasteiger partial charge in [0.15, 0.2) is 5.82 Å². The molecule has 4 aromatic rings. The third-order valence-electron chi connectivity index (χ3n) is 8.37. The number of sulfonamides is 1. The van der Waals surface area contributed by atoms with E-state index in [1.807, 2.05) is 0 Å². The van der Waals surface area contributed by atoms with Crippen molar-refractivity contribution < 1.29 is 46.7 Å². The summed E-state index contributed by atoms with van der Waals surface area (Å²) in [6, 6.07) is 12.8. The van der Waals surface area contributed by atoms with Gasteiger partial charge in [0.1, 0.15) is 24.8 Å². The van der Waals surface area contributed by atoms with Crippen molar-refractivity contribution in [2.45, 2.75) is 32.4 Å². The molecular weight excluding hydrogens is 726 g/mol. The first-order chi connectivity index (χ1) is 25.8. The van der Waals surface area contributed by atoms with E-state index < -0.39 is 51.7 Å². The molecule has 20 heteroatoms. The molecule has 54 heavy (non-hydrogen) atoms. The van der Waals surface area contributed by atoms with Crippen molar-refractivity contribution in [3.05, 3.63) is 83.0 Å². The zero-order valence-electron chi connectivity index (χ0n) is 28.5. The number of rotatable bonds is 14. The maximum Gasteiger partial charge on any atom is 0.407 e. The average molecular weight is 760 g/mol. The number of fused-ring (bicyclic) bond motifs is 1. The Morgan fingerprint density at radius 3 is 2.54 bits per heavy atom. The lowest BCUT2D eigenvalue weighted by molar-refractivity contribution is -0.136. The van der Waals surface area contributed by atoms with Crippen LogP contribution in [0.5, 0.6) is 5.88 Å². The number of amides is 6. The van der Waals surface area contributed by atoms with Crippen LogP contribution in [0.4, 0.5) is 22.0 Å². The molecule has 1 atom stereocenters. The number of H-pyrrole nitrogens is 1. The molecule has 1 saturated heterocycles. The second kappa shape index (κ2) is 15.4. The van der Waals surface area contributed by atoms with Gasteiger partial charge in [0, 0.05) is 41.2 Å². The Balaban J connectivity index is 1.01. The monoisotopic (exact) mass is 759 g/mol. The Morgan fingerprint density at radius 1 is 1.04 bits per heavy atom. The van der Waals surface area contributed by atoms with Crippen LogP contribution in [-0.2, 0) is 31.0 Å². The summed E-state index contributed by atoms with van der Waals surface area (Å²) in [5, 5.41) is 14.6. The number of imide groups is 2. The minimum absolute atomic E-state index is 0.000986. The zero-order valence-corrected chi connectivity index (χ0v) is 29.3. The second-order valence-electron chi connectivity index (χ2n) is 11.9. The molecular formula is C34H33N9O10S. The van der Waals surface area contributed by atoms with Crippen LogP contribution < -0.4 is 31.1 Å². The lowest BCUT2D eigenvalue weighted by Crippen LogP contribution is -2.54. The maximum absolute atomic E-state index is 13.2. The summed E-state index contributed by atoms with van der Waals surface area (Å²) in [6.07, 6.45) is 0.610. The molecule has 0 aliphatic carbocycles. The lowest BCUT2D eigenvalue weighted by Gasteiger charge is -2.27. The topological polar surface area (TPSA) is 274 Å².